The van der Waals surface area contributed by atoms with Crippen molar-refractivity contribution >= 4 is 17.5 Å². The van der Waals surface area contributed by atoms with E-state index in [0.29, 0.717) is 31.6 Å². The fraction of sp³-hybridized carbons (Fsp3) is 0.450. The minimum absolute atomic E-state index is 0.00543. The van der Waals surface area contributed by atoms with E-state index in [0.717, 1.165) is 24.9 Å². The van der Waals surface area contributed by atoms with Crippen LogP contribution in [0.5, 0.6) is 0 Å². The van der Waals surface area contributed by atoms with Crippen molar-refractivity contribution in [3.63, 3.8) is 0 Å². The Hall–Kier alpha value is -2.83. The quantitative estimate of drug-likeness (QED) is 0.802. The summed E-state index contributed by atoms with van der Waals surface area (Å²) in [6.45, 7) is 1.89. The summed E-state index contributed by atoms with van der Waals surface area (Å²) >= 11 is 0. The standard InChI is InChI=1S/C20H25N5O2/c1-24-14-16(13-22-24)19(27)25-10-7-20(8-11-25)12-18(26)21-9-6-15-4-2-3-5-17(15)23-20/h2-5,13-14,23H,6-12H2,1H3,(H,21,26). The van der Waals surface area contributed by atoms with Gasteiger partial charge in [0.1, 0.15) is 0 Å². The third-order valence-electron chi connectivity index (χ3n) is 5.59. The normalized spacial score (nSPS) is 19.3. The van der Waals surface area contributed by atoms with Crippen LogP contribution in [0, 0.1) is 0 Å². The zero-order valence-electron chi connectivity index (χ0n) is 15.6. The summed E-state index contributed by atoms with van der Waals surface area (Å²) in [5.74, 6) is 0.0770. The van der Waals surface area contributed by atoms with Crippen LogP contribution in [0.15, 0.2) is 36.7 Å². The van der Waals surface area contributed by atoms with E-state index in [4.69, 9.17) is 0 Å². The fourth-order valence-electron chi connectivity index (χ4n) is 4.05. The van der Waals surface area contributed by atoms with Gasteiger partial charge >= 0.3 is 0 Å². The number of anilines is 1. The molecule has 142 valence electrons. The molecule has 1 aromatic carbocycles. The van der Waals surface area contributed by atoms with E-state index in [1.807, 2.05) is 17.0 Å². The first-order valence-electron chi connectivity index (χ1n) is 9.45. The van der Waals surface area contributed by atoms with Crippen LogP contribution in [0.3, 0.4) is 0 Å². The molecule has 2 aliphatic heterocycles. The molecule has 0 bridgehead atoms. The van der Waals surface area contributed by atoms with Gasteiger partial charge in [0.2, 0.25) is 5.91 Å². The van der Waals surface area contributed by atoms with Gasteiger partial charge in [0.15, 0.2) is 0 Å². The van der Waals surface area contributed by atoms with Gasteiger partial charge in [0.25, 0.3) is 5.91 Å². The average Bonchev–Trinajstić information content (AvgIpc) is 3.11. The molecule has 7 nitrogen and oxygen atoms in total. The third kappa shape index (κ3) is 3.67. The molecule has 0 unspecified atom stereocenters. The number of para-hydroxylation sites is 1. The maximum absolute atomic E-state index is 12.7. The van der Waals surface area contributed by atoms with Crippen LogP contribution < -0.4 is 10.6 Å². The number of fused-ring (bicyclic) bond motifs is 1. The molecule has 3 heterocycles. The number of carbonyl (C=O) groups is 2. The number of piperidine rings is 1. The van der Waals surface area contributed by atoms with Crippen molar-refractivity contribution in [3.05, 3.63) is 47.8 Å². The van der Waals surface area contributed by atoms with Gasteiger partial charge in [-0.05, 0) is 30.9 Å². The van der Waals surface area contributed by atoms with Crippen molar-refractivity contribution in [2.75, 3.05) is 25.0 Å². The zero-order valence-corrected chi connectivity index (χ0v) is 15.6. The SMILES string of the molecule is Cn1cc(C(=O)N2CCC3(CC2)CC(=O)NCCc2ccccc2N3)cn1. The molecular formula is C20H25N5O2. The largest absolute Gasteiger partial charge is 0.379 e. The summed E-state index contributed by atoms with van der Waals surface area (Å²) in [4.78, 5) is 27.0. The number of benzene rings is 1. The molecule has 0 radical (unpaired) electrons. The molecule has 0 atom stereocenters. The van der Waals surface area contributed by atoms with E-state index in [1.165, 1.54) is 5.56 Å². The van der Waals surface area contributed by atoms with Crippen LogP contribution >= 0.6 is 0 Å². The Morgan fingerprint density at radius 1 is 1.22 bits per heavy atom. The minimum atomic E-state index is -0.323. The van der Waals surface area contributed by atoms with E-state index in [-0.39, 0.29) is 17.4 Å². The number of nitrogens with one attached hydrogen (secondary N) is 2. The summed E-state index contributed by atoms with van der Waals surface area (Å²) in [5, 5.41) is 10.8. The minimum Gasteiger partial charge on any atom is -0.379 e. The first kappa shape index (κ1) is 17.6. The highest BCUT2D eigenvalue weighted by Gasteiger charge is 2.38. The number of amides is 2. The van der Waals surface area contributed by atoms with Crippen molar-refractivity contribution in [2.45, 2.75) is 31.2 Å². The Morgan fingerprint density at radius 2 is 2.00 bits per heavy atom. The van der Waals surface area contributed by atoms with Crippen LogP contribution in [-0.2, 0) is 18.3 Å². The van der Waals surface area contributed by atoms with Gasteiger partial charge in [-0.2, -0.15) is 5.10 Å². The van der Waals surface area contributed by atoms with E-state index in [2.05, 4.69) is 27.9 Å². The molecule has 2 amide bonds. The monoisotopic (exact) mass is 367 g/mol. The molecule has 2 aromatic rings. The number of hydrogen-bond acceptors (Lipinski definition) is 4. The Balaban J connectivity index is 1.52. The molecule has 1 fully saturated rings. The maximum Gasteiger partial charge on any atom is 0.257 e. The number of hydrogen-bond donors (Lipinski definition) is 2. The highest BCUT2D eigenvalue weighted by atomic mass is 16.2. The molecule has 2 aliphatic rings. The smallest absolute Gasteiger partial charge is 0.257 e. The Bertz CT molecular complexity index is 852. The van der Waals surface area contributed by atoms with E-state index in [9.17, 15) is 9.59 Å². The van der Waals surface area contributed by atoms with Gasteiger partial charge in [-0.3, -0.25) is 14.3 Å². The third-order valence-corrected chi connectivity index (χ3v) is 5.59. The van der Waals surface area contributed by atoms with Crippen molar-refractivity contribution in [1.29, 1.82) is 0 Å². The summed E-state index contributed by atoms with van der Waals surface area (Å²) in [6.07, 6.45) is 6.07. The zero-order chi connectivity index (χ0) is 18.9. The second-order valence-corrected chi connectivity index (χ2v) is 7.53. The molecule has 7 heteroatoms. The van der Waals surface area contributed by atoms with Gasteiger partial charge in [-0.1, -0.05) is 18.2 Å². The molecule has 1 aromatic heterocycles. The van der Waals surface area contributed by atoms with Crippen molar-refractivity contribution < 1.29 is 9.59 Å². The Kier molecular flexibility index (Phi) is 4.59. The van der Waals surface area contributed by atoms with Crippen molar-refractivity contribution in [1.82, 2.24) is 20.0 Å². The van der Waals surface area contributed by atoms with Crippen LogP contribution in [0.4, 0.5) is 5.69 Å². The molecule has 1 spiro atoms. The molecule has 2 N–H and O–H groups in total. The van der Waals surface area contributed by atoms with Gasteiger partial charge in [-0.25, -0.2) is 0 Å². The number of aryl methyl sites for hydroxylation is 1. The van der Waals surface area contributed by atoms with Crippen LogP contribution in [-0.4, -0.2) is 51.7 Å². The molecular weight excluding hydrogens is 342 g/mol. The summed E-state index contributed by atoms with van der Waals surface area (Å²) in [7, 11) is 1.81. The number of aromatic nitrogens is 2. The van der Waals surface area contributed by atoms with Gasteiger partial charge < -0.3 is 15.5 Å². The molecule has 0 saturated carbocycles. The lowest BCUT2D eigenvalue weighted by molar-refractivity contribution is -0.122. The predicted molar refractivity (Wildman–Crippen MR) is 102 cm³/mol. The lowest BCUT2D eigenvalue weighted by Crippen LogP contribution is -2.52. The Morgan fingerprint density at radius 3 is 2.74 bits per heavy atom. The maximum atomic E-state index is 12.7. The first-order chi connectivity index (χ1) is 13.0. The molecule has 4 rings (SSSR count). The average molecular weight is 367 g/mol. The molecule has 0 aliphatic carbocycles. The van der Waals surface area contributed by atoms with Gasteiger partial charge in [0, 0.05) is 50.5 Å². The second kappa shape index (κ2) is 7.06. The van der Waals surface area contributed by atoms with Crippen molar-refractivity contribution in [2.24, 2.45) is 7.05 Å². The molecule has 1 saturated heterocycles. The van der Waals surface area contributed by atoms with Crippen molar-refractivity contribution in [3.8, 4) is 0 Å². The van der Waals surface area contributed by atoms with E-state index < -0.39 is 0 Å². The number of likely N-dealkylation sites (tertiary alicyclic amines) is 1. The van der Waals surface area contributed by atoms with Gasteiger partial charge in [0.05, 0.1) is 11.8 Å². The fourth-order valence-corrected chi connectivity index (χ4v) is 4.05. The second-order valence-electron chi connectivity index (χ2n) is 7.53. The summed E-state index contributed by atoms with van der Waals surface area (Å²) < 4.78 is 1.64. The number of rotatable bonds is 1. The lowest BCUT2D eigenvalue weighted by Gasteiger charge is -2.42. The van der Waals surface area contributed by atoms with E-state index >= 15 is 0 Å². The topological polar surface area (TPSA) is 79.3 Å². The lowest BCUT2D eigenvalue weighted by atomic mass is 9.83. The van der Waals surface area contributed by atoms with Crippen LogP contribution in [0.2, 0.25) is 0 Å². The number of carbonyl (C=O) groups excluding carboxylic acids is 2. The highest BCUT2D eigenvalue weighted by Crippen LogP contribution is 2.33. The van der Waals surface area contributed by atoms with Crippen LogP contribution in [0.25, 0.3) is 0 Å². The predicted octanol–water partition coefficient (Wildman–Crippen LogP) is 1.57. The van der Waals surface area contributed by atoms with E-state index in [1.54, 1.807) is 24.1 Å². The van der Waals surface area contributed by atoms with Crippen LogP contribution in [0.1, 0.15) is 35.2 Å². The summed E-state index contributed by atoms with van der Waals surface area (Å²) in [5.41, 5.74) is 2.60. The summed E-state index contributed by atoms with van der Waals surface area (Å²) in [6, 6.07) is 8.24. The Labute approximate surface area is 158 Å². The highest BCUT2D eigenvalue weighted by molar-refractivity contribution is 5.93. The van der Waals surface area contributed by atoms with Gasteiger partial charge in [-0.15, -0.1) is 0 Å². The molecule has 27 heavy (non-hydrogen) atoms. The first-order valence-corrected chi connectivity index (χ1v) is 9.45. The number of nitrogens with zero attached hydrogens (tertiary/aromatic N) is 3.